The van der Waals surface area contributed by atoms with Crippen molar-refractivity contribution in [3.8, 4) is 0 Å². The van der Waals surface area contributed by atoms with Crippen LogP contribution in [0.25, 0.3) is 16.3 Å². The Morgan fingerprint density at radius 1 is 1.36 bits per heavy atom. The molecule has 0 saturated heterocycles. The molecule has 0 fully saturated rings. The summed E-state index contributed by atoms with van der Waals surface area (Å²) in [6, 6.07) is 8.77. The van der Waals surface area contributed by atoms with E-state index >= 15 is 0 Å². The molecular formula is C16H13FN2OS2. The lowest BCUT2D eigenvalue weighted by molar-refractivity contribution is -0.113. The molecule has 0 unspecified atom stereocenters. The Bertz CT molecular complexity index is 904. The van der Waals surface area contributed by atoms with Gasteiger partial charge in [-0.3, -0.25) is 4.79 Å². The molecule has 2 heterocycles. The summed E-state index contributed by atoms with van der Waals surface area (Å²) in [4.78, 5) is 17.6. The molecular weight excluding hydrogens is 319 g/mol. The zero-order valence-corrected chi connectivity index (χ0v) is 13.5. The van der Waals surface area contributed by atoms with Crippen molar-refractivity contribution in [2.45, 2.75) is 13.5 Å². The third-order valence-electron chi connectivity index (χ3n) is 3.11. The molecule has 0 bridgehead atoms. The number of carbonyl (C=O) groups is 1. The van der Waals surface area contributed by atoms with E-state index in [1.807, 2.05) is 30.5 Å². The number of carbonyl (C=O) groups excluding carboxylic acids is 1. The van der Waals surface area contributed by atoms with Crippen molar-refractivity contribution in [1.82, 2.24) is 4.57 Å². The number of fused-ring (bicyclic) bond motifs is 1. The second kappa shape index (κ2) is 6.37. The van der Waals surface area contributed by atoms with Crippen LogP contribution < -0.4 is 4.80 Å². The molecule has 1 amide bonds. The predicted octanol–water partition coefficient (Wildman–Crippen LogP) is 4.06. The average Bonchev–Trinajstić information content (AvgIpc) is 3.12. The van der Waals surface area contributed by atoms with Gasteiger partial charge in [0, 0.05) is 17.5 Å². The second-order valence-electron chi connectivity index (χ2n) is 4.51. The van der Waals surface area contributed by atoms with E-state index in [0.29, 0.717) is 16.9 Å². The second-order valence-corrected chi connectivity index (χ2v) is 6.50. The largest absolute Gasteiger partial charge is 0.314 e. The average molecular weight is 332 g/mol. The van der Waals surface area contributed by atoms with Gasteiger partial charge < -0.3 is 4.57 Å². The number of amides is 1. The van der Waals surface area contributed by atoms with Gasteiger partial charge >= 0.3 is 0 Å². The third kappa shape index (κ3) is 2.93. The van der Waals surface area contributed by atoms with Crippen LogP contribution in [-0.4, -0.2) is 10.5 Å². The van der Waals surface area contributed by atoms with Crippen LogP contribution in [0, 0.1) is 5.82 Å². The summed E-state index contributed by atoms with van der Waals surface area (Å²) in [6.45, 7) is 2.46. The van der Waals surface area contributed by atoms with Gasteiger partial charge in [-0.15, -0.1) is 11.3 Å². The fourth-order valence-corrected chi connectivity index (χ4v) is 3.87. The Morgan fingerprint density at radius 3 is 2.95 bits per heavy atom. The van der Waals surface area contributed by atoms with E-state index in [4.69, 9.17) is 0 Å². The molecule has 0 aliphatic carbocycles. The summed E-state index contributed by atoms with van der Waals surface area (Å²) in [7, 11) is 0. The Labute approximate surface area is 134 Å². The zero-order valence-electron chi connectivity index (χ0n) is 11.8. The summed E-state index contributed by atoms with van der Waals surface area (Å²) in [6.07, 6.45) is 3.17. The van der Waals surface area contributed by atoms with Gasteiger partial charge in [-0.05, 0) is 36.6 Å². The van der Waals surface area contributed by atoms with Crippen molar-refractivity contribution in [2.75, 3.05) is 0 Å². The molecule has 0 spiro atoms. The highest BCUT2D eigenvalue weighted by Crippen LogP contribution is 2.20. The number of nitrogens with zero attached hydrogens (tertiary/aromatic N) is 2. The molecule has 0 atom stereocenters. The van der Waals surface area contributed by atoms with Crippen LogP contribution >= 0.6 is 22.7 Å². The minimum absolute atomic E-state index is 0.293. The third-order valence-corrected chi connectivity index (χ3v) is 4.99. The lowest BCUT2D eigenvalue weighted by atomic mass is 10.3. The Morgan fingerprint density at radius 2 is 2.23 bits per heavy atom. The van der Waals surface area contributed by atoms with Crippen LogP contribution in [0.3, 0.4) is 0 Å². The Kier molecular flexibility index (Phi) is 4.31. The van der Waals surface area contributed by atoms with Crippen LogP contribution in [0.5, 0.6) is 0 Å². The fraction of sp³-hybridized carbons (Fsp3) is 0.125. The van der Waals surface area contributed by atoms with Gasteiger partial charge in [0.1, 0.15) is 5.82 Å². The summed E-state index contributed by atoms with van der Waals surface area (Å²) < 4.78 is 16.5. The van der Waals surface area contributed by atoms with E-state index in [2.05, 4.69) is 4.99 Å². The van der Waals surface area contributed by atoms with E-state index in [0.717, 1.165) is 9.58 Å². The highest BCUT2D eigenvalue weighted by Gasteiger charge is 2.09. The van der Waals surface area contributed by atoms with Crippen molar-refractivity contribution in [1.29, 1.82) is 0 Å². The number of aromatic nitrogens is 1. The van der Waals surface area contributed by atoms with Crippen LogP contribution in [0.2, 0.25) is 0 Å². The van der Waals surface area contributed by atoms with Gasteiger partial charge in [-0.25, -0.2) is 4.39 Å². The molecule has 3 nitrogen and oxygen atoms in total. The molecule has 1 aromatic carbocycles. The predicted molar refractivity (Wildman–Crippen MR) is 89.4 cm³/mol. The molecule has 112 valence electrons. The number of rotatable bonds is 3. The zero-order chi connectivity index (χ0) is 15.5. The van der Waals surface area contributed by atoms with Crippen LogP contribution in [0.1, 0.15) is 11.8 Å². The van der Waals surface area contributed by atoms with Crippen molar-refractivity contribution in [3.63, 3.8) is 0 Å². The van der Waals surface area contributed by atoms with Gasteiger partial charge in [0.05, 0.1) is 10.2 Å². The monoisotopic (exact) mass is 332 g/mol. The molecule has 3 aromatic rings. The van der Waals surface area contributed by atoms with E-state index < -0.39 is 0 Å². The first kappa shape index (κ1) is 14.9. The minimum Gasteiger partial charge on any atom is -0.314 e. The summed E-state index contributed by atoms with van der Waals surface area (Å²) in [5.41, 5.74) is 0.504. The first-order valence-electron chi connectivity index (χ1n) is 6.77. The Hall–Kier alpha value is -2.05. The normalized spacial score (nSPS) is 12.5. The van der Waals surface area contributed by atoms with Crippen LogP contribution in [0.15, 0.2) is 46.8 Å². The number of benzene rings is 1. The quantitative estimate of drug-likeness (QED) is 0.666. The Balaban J connectivity index is 2.02. The first-order chi connectivity index (χ1) is 10.7. The van der Waals surface area contributed by atoms with Crippen LogP contribution in [0.4, 0.5) is 4.39 Å². The molecule has 0 saturated carbocycles. The molecule has 0 aliphatic rings. The maximum absolute atomic E-state index is 14.0. The summed E-state index contributed by atoms with van der Waals surface area (Å²) >= 11 is 2.87. The highest BCUT2D eigenvalue weighted by molar-refractivity contribution is 7.16. The molecule has 0 radical (unpaired) electrons. The van der Waals surface area contributed by atoms with Gasteiger partial charge in [0.25, 0.3) is 5.91 Å². The van der Waals surface area contributed by atoms with Crippen molar-refractivity contribution >= 4 is 44.9 Å². The molecule has 0 aliphatic heterocycles. The van der Waals surface area contributed by atoms with Gasteiger partial charge in [0.2, 0.25) is 0 Å². The van der Waals surface area contributed by atoms with Gasteiger partial charge in [0.15, 0.2) is 4.80 Å². The maximum atomic E-state index is 14.0. The van der Waals surface area contributed by atoms with E-state index in [9.17, 15) is 9.18 Å². The van der Waals surface area contributed by atoms with E-state index in [1.165, 1.54) is 23.5 Å². The first-order valence-corrected chi connectivity index (χ1v) is 8.47. The lowest BCUT2D eigenvalue weighted by Crippen LogP contribution is -2.15. The number of thiophene rings is 1. The smallest absolute Gasteiger partial charge is 0.272 e. The number of hydrogen-bond donors (Lipinski definition) is 0. The van der Waals surface area contributed by atoms with E-state index in [1.54, 1.807) is 28.0 Å². The number of aryl methyl sites for hydroxylation is 1. The lowest BCUT2D eigenvalue weighted by Gasteiger charge is -2.00. The van der Waals surface area contributed by atoms with Crippen molar-refractivity contribution in [2.24, 2.45) is 4.99 Å². The number of para-hydroxylation sites is 1. The molecule has 0 N–H and O–H groups in total. The topological polar surface area (TPSA) is 34.4 Å². The summed E-state index contributed by atoms with van der Waals surface area (Å²) in [5, 5.41) is 1.95. The van der Waals surface area contributed by atoms with Gasteiger partial charge in [-0.1, -0.05) is 23.5 Å². The minimum atomic E-state index is -0.345. The van der Waals surface area contributed by atoms with Crippen molar-refractivity contribution < 1.29 is 9.18 Å². The number of hydrogen-bond acceptors (Lipinski definition) is 3. The van der Waals surface area contributed by atoms with Crippen molar-refractivity contribution in [3.05, 3.63) is 57.3 Å². The maximum Gasteiger partial charge on any atom is 0.272 e. The number of halogens is 1. The van der Waals surface area contributed by atoms with Gasteiger partial charge in [-0.2, -0.15) is 4.99 Å². The van der Waals surface area contributed by atoms with E-state index in [-0.39, 0.29) is 11.7 Å². The highest BCUT2D eigenvalue weighted by atomic mass is 32.1. The molecule has 3 rings (SSSR count). The summed E-state index contributed by atoms with van der Waals surface area (Å²) in [5.74, 6) is -0.638. The number of thiazole rings is 1. The SMILES string of the molecule is CCn1c(=NC(=O)/C=C/c2cccs2)sc2cccc(F)c21. The van der Waals surface area contributed by atoms with Crippen LogP contribution in [-0.2, 0) is 11.3 Å². The fourth-order valence-electron chi connectivity index (χ4n) is 2.14. The molecule has 2 aromatic heterocycles. The molecule has 22 heavy (non-hydrogen) atoms. The standard InChI is InChI=1S/C16H13FN2OS2/c1-2-19-15-12(17)6-3-7-13(15)22-16(19)18-14(20)9-8-11-5-4-10-21-11/h3-10H,2H2,1H3/b9-8+,18-16?. The molecule has 6 heteroatoms.